The highest BCUT2D eigenvalue weighted by atomic mass is 16.5. The van der Waals surface area contributed by atoms with Gasteiger partial charge in [0, 0.05) is 11.8 Å². The fraction of sp³-hybridized carbons (Fsp3) is 0.677. The minimum Gasteiger partial charge on any atom is -0.484 e. The van der Waals surface area contributed by atoms with Crippen LogP contribution in [0.1, 0.15) is 88.5 Å². The zero-order valence-electron chi connectivity index (χ0n) is 25.8. The molecule has 0 saturated carbocycles. The summed E-state index contributed by atoms with van der Waals surface area (Å²) < 4.78 is 22.5. The number of ether oxygens (including phenoxy) is 4. The van der Waals surface area contributed by atoms with Crippen molar-refractivity contribution in [3.05, 3.63) is 23.0 Å². The molecule has 0 aromatic carbocycles. The Bertz CT molecular complexity index is 986. The molecule has 41 heavy (non-hydrogen) atoms. The van der Waals surface area contributed by atoms with E-state index < -0.39 is 71.2 Å². The third-order valence-electron chi connectivity index (χ3n) is 6.73. The van der Waals surface area contributed by atoms with E-state index in [9.17, 15) is 28.8 Å². The fourth-order valence-electron chi connectivity index (χ4n) is 5.14. The Morgan fingerprint density at radius 3 is 0.902 bits per heavy atom. The molecule has 2 aliphatic rings. The molecule has 0 bridgehead atoms. The Balaban J connectivity index is 2.28. The summed E-state index contributed by atoms with van der Waals surface area (Å²) in [6.45, 7) is 16.3. The van der Waals surface area contributed by atoms with E-state index in [0.29, 0.717) is 0 Å². The van der Waals surface area contributed by atoms with E-state index in [1.807, 2.05) is 0 Å². The third kappa shape index (κ3) is 7.92. The second-order valence-electron chi connectivity index (χ2n) is 11.8. The molecule has 0 aromatic heterocycles. The molecular formula is C31H44O10. The van der Waals surface area contributed by atoms with Crippen molar-refractivity contribution in [1.29, 1.82) is 0 Å². The van der Waals surface area contributed by atoms with Crippen LogP contribution in [0.5, 0.6) is 0 Å². The summed E-state index contributed by atoms with van der Waals surface area (Å²) in [6.07, 6.45) is -1.24. The molecule has 2 atom stereocenters. The van der Waals surface area contributed by atoms with Crippen molar-refractivity contribution in [3.63, 3.8) is 0 Å². The predicted molar refractivity (Wildman–Crippen MR) is 148 cm³/mol. The van der Waals surface area contributed by atoms with Crippen LogP contribution in [0.3, 0.4) is 0 Å². The molecule has 2 aliphatic carbocycles. The van der Waals surface area contributed by atoms with E-state index in [2.05, 4.69) is 0 Å². The maximum atomic E-state index is 13.3. The fourth-order valence-corrected chi connectivity index (χ4v) is 5.14. The van der Waals surface area contributed by atoms with Gasteiger partial charge in [0.25, 0.3) is 0 Å². The van der Waals surface area contributed by atoms with Crippen molar-refractivity contribution in [2.45, 2.75) is 113 Å². The molecule has 0 aliphatic heterocycles. The standard InChI is InChI=1S/C31H44O10/c1-14(2)38-28-24(34)22(25(35)29(28)39-15(3)4)20(18(9)32)12-11-13-21(19(10)33)23-26(36)30(40-16(5)6)31(27(23)37)41-17(7)8/h14-17,20-23H,11-13H2,1-10H3. The number of ketones is 6. The Hall–Kier alpha value is -3.30. The van der Waals surface area contributed by atoms with Crippen molar-refractivity contribution in [2.75, 3.05) is 0 Å². The van der Waals surface area contributed by atoms with Crippen molar-refractivity contribution < 1.29 is 47.7 Å². The summed E-state index contributed by atoms with van der Waals surface area (Å²) in [6, 6.07) is 0. The maximum absolute atomic E-state index is 13.3. The van der Waals surface area contributed by atoms with Crippen LogP contribution in [0, 0.1) is 23.7 Å². The second-order valence-corrected chi connectivity index (χ2v) is 11.8. The number of Topliss-reactive ketones (excluding diaryl/α,β-unsaturated/α-hetero) is 6. The molecule has 0 fully saturated rings. The summed E-state index contributed by atoms with van der Waals surface area (Å²) >= 11 is 0. The maximum Gasteiger partial charge on any atom is 0.213 e. The lowest BCUT2D eigenvalue weighted by Crippen LogP contribution is -2.34. The van der Waals surface area contributed by atoms with Crippen molar-refractivity contribution >= 4 is 34.7 Å². The molecule has 10 heteroatoms. The largest absolute Gasteiger partial charge is 0.484 e. The lowest BCUT2D eigenvalue weighted by Gasteiger charge is -2.22. The summed E-state index contributed by atoms with van der Waals surface area (Å²) in [7, 11) is 0. The average molecular weight is 577 g/mol. The first-order valence-electron chi connectivity index (χ1n) is 14.3. The SMILES string of the molecule is CC(=O)C(CCCC(C(C)=O)C1C(=O)C(OC(C)C)=C(OC(C)C)C1=O)C1C(=O)C(OC(C)C)=C(OC(C)C)C1=O. The van der Waals surface area contributed by atoms with E-state index in [1.54, 1.807) is 55.4 Å². The van der Waals surface area contributed by atoms with Crippen molar-refractivity contribution in [1.82, 2.24) is 0 Å². The third-order valence-corrected chi connectivity index (χ3v) is 6.73. The van der Waals surface area contributed by atoms with Gasteiger partial charge in [0.05, 0.1) is 24.4 Å². The van der Waals surface area contributed by atoms with Gasteiger partial charge in [0.15, 0.2) is 0 Å². The number of allylic oxidation sites excluding steroid dienone is 4. The van der Waals surface area contributed by atoms with Gasteiger partial charge in [-0.2, -0.15) is 0 Å². The van der Waals surface area contributed by atoms with Crippen LogP contribution in [0.4, 0.5) is 0 Å². The van der Waals surface area contributed by atoms with Gasteiger partial charge in [-0.3, -0.25) is 28.8 Å². The highest BCUT2D eigenvalue weighted by molar-refractivity contribution is 6.25. The number of carbonyl (C=O) groups is 6. The molecule has 0 radical (unpaired) electrons. The van der Waals surface area contributed by atoms with Gasteiger partial charge >= 0.3 is 0 Å². The minimum absolute atomic E-state index is 0.0818. The topological polar surface area (TPSA) is 139 Å². The zero-order valence-corrected chi connectivity index (χ0v) is 25.8. The van der Waals surface area contributed by atoms with E-state index in [4.69, 9.17) is 18.9 Å². The van der Waals surface area contributed by atoms with Gasteiger partial charge in [0.1, 0.15) is 23.4 Å². The number of rotatable bonds is 16. The molecule has 0 saturated heterocycles. The molecule has 0 N–H and O–H groups in total. The Kier molecular flexibility index (Phi) is 11.6. The molecular weight excluding hydrogens is 532 g/mol. The number of carbonyl (C=O) groups excluding carboxylic acids is 6. The van der Waals surface area contributed by atoms with Crippen LogP contribution in [-0.4, -0.2) is 59.1 Å². The van der Waals surface area contributed by atoms with Gasteiger partial charge in [-0.1, -0.05) is 6.42 Å². The smallest absolute Gasteiger partial charge is 0.213 e. The summed E-state index contributed by atoms with van der Waals surface area (Å²) in [4.78, 5) is 78.7. The Morgan fingerprint density at radius 2 is 0.732 bits per heavy atom. The Morgan fingerprint density at radius 1 is 0.512 bits per heavy atom. The van der Waals surface area contributed by atoms with Gasteiger partial charge in [-0.15, -0.1) is 0 Å². The van der Waals surface area contributed by atoms with Gasteiger partial charge < -0.3 is 18.9 Å². The zero-order chi connectivity index (χ0) is 31.3. The van der Waals surface area contributed by atoms with Gasteiger partial charge in [0.2, 0.25) is 46.2 Å². The van der Waals surface area contributed by atoms with E-state index in [0.717, 1.165) is 0 Å². The molecule has 0 spiro atoms. The van der Waals surface area contributed by atoms with Crippen molar-refractivity contribution in [3.8, 4) is 0 Å². The van der Waals surface area contributed by atoms with Crippen LogP contribution in [0.15, 0.2) is 23.0 Å². The van der Waals surface area contributed by atoms with Gasteiger partial charge in [-0.25, -0.2) is 0 Å². The predicted octanol–water partition coefficient (Wildman–Crippen LogP) is 4.23. The minimum atomic E-state index is -1.31. The molecule has 2 rings (SSSR count). The molecule has 2 unspecified atom stereocenters. The van der Waals surface area contributed by atoms with Crippen LogP contribution < -0.4 is 0 Å². The molecule has 0 aromatic rings. The first-order valence-corrected chi connectivity index (χ1v) is 14.3. The molecule has 0 amide bonds. The van der Waals surface area contributed by atoms with E-state index >= 15 is 0 Å². The lowest BCUT2D eigenvalue weighted by atomic mass is 9.78. The Labute approximate surface area is 242 Å². The average Bonchev–Trinajstić information content (AvgIpc) is 3.17. The second kappa shape index (κ2) is 14.0. The highest BCUT2D eigenvalue weighted by Crippen LogP contribution is 2.38. The monoisotopic (exact) mass is 576 g/mol. The first kappa shape index (κ1) is 33.9. The first-order chi connectivity index (χ1) is 19.0. The lowest BCUT2D eigenvalue weighted by molar-refractivity contribution is -0.137. The van der Waals surface area contributed by atoms with Crippen LogP contribution in [0.25, 0.3) is 0 Å². The summed E-state index contributed by atoms with van der Waals surface area (Å²) in [5.74, 6) is -8.51. The van der Waals surface area contributed by atoms with Crippen LogP contribution >= 0.6 is 0 Å². The van der Waals surface area contributed by atoms with Crippen molar-refractivity contribution in [2.24, 2.45) is 23.7 Å². The molecule has 0 heterocycles. The summed E-state index contributed by atoms with van der Waals surface area (Å²) in [5, 5.41) is 0. The highest BCUT2D eigenvalue weighted by Gasteiger charge is 2.51. The number of hydrogen-bond acceptors (Lipinski definition) is 10. The normalized spacial score (nSPS) is 18.5. The van der Waals surface area contributed by atoms with Gasteiger partial charge in [-0.05, 0) is 82.1 Å². The van der Waals surface area contributed by atoms with E-state index in [1.165, 1.54) is 13.8 Å². The molecule has 228 valence electrons. The molecule has 10 nitrogen and oxygen atoms in total. The van der Waals surface area contributed by atoms with Crippen LogP contribution in [0.2, 0.25) is 0 Å². The van der Waals surface area contributed by atoms with Crippen LogP contribution in [-0.2, 0) is 47.7 Å². The quantitative estimate of drug-likeness (QED) is 0.245. The number of hydrogen-bond donors (Lipinski definition) is 0. The summed E-state index contributed by atoms with van der Waals surface area (Å²) in [5.41, 5.74) is 0. The van der Waals surface area contributed by atoms with E-state index in [-0.39, 0.29) is 53.9 Å².